The number of aliphatic carboxylic acids is 1. The zero-order valence-electron chi connectivity index (χ0n) is 23.6. The Labute approximate surface area is 242 Å². The molecule has 1 fully saturated rings. The minimum Gasteiger partial charge on any atom is -0.481 e. The minimum absolute atomic E-state index is 0.438. The third-order valence-corrected chi connectivity index (χ3v) is 8.51. The molecular weight excluding hydrogens is 514 g/mol. The van der Waals surface area contributed by atoms with Gasteiger partial charge < -0.3 is 10.2 Å². The molecule has 0 spiro atoms. The summed E-state index contributed by atoms with van der Waals surface area (Å²) in [6.07, 6.45) is 9.06. The van der Waals surface area contributed by atoms with Gasteiger partial charge in [-0.2, -0.15) is 11.8 Å². The van der Waals surface area contributed by atoms with Crippen LogP contribution in [0.3, 0.4) is 0 Å². The Morgan fingerprint density at radius 2 is 1.73 bits per heavy atom. The lowest BCUT2D eigenvalue weighted by Crippen LogP contribution is -2.18. The molecule has 0 amide bonds. The van der Waals surface area contributed by atoms with Gasteiger partial charge in [0.15, 0.2) is 0 Å². The maximum atomic E-state index is 10.7. The van der Waals surface area contributed by atoms with Crippen molar-refractivity contribution in [3.8, 4) is 0 Å². The molecule has 0 bridgehead atoms. The molecule has 1 aromatic heterocycles. The number of carboxylic acid groups (broad SMARTS) is 1. The molecule has 4 nitrogen and oxygen atoms in total. The fourth-order valence-electron chi connectivity index (χ4n) is 4.72. The largest absolute Gasteiger partial charge is 0.481 e. The molecule has 2 N–H and O–H groups in total. The van der Waals surface area contributed by atoms with Gasteiger partial charge in [-0.1, -0.05) is 78.9 Å². The first-order valence-electron chi connectivity index (χ1n) is 13.9. The van der Waals surface area contributed by atoms with Crippen molar-refractivity contribution in [3.63, 3.8) is 0 Å². The van der Waals surface area contributed by atoms with E-state index in [0.29, 0.717) is 5.25 Å². The van der Waals surface area contributed by atoms with Gasteiger partial charge in [0, 0.05) is 17.6 Å². The predicted molar refractivity (Wildman–Crippen MR) is 168 cm³/mol. The lowest BCUT2D eigenvalue weighted by atomic mass is 9.90. The van der Waals surface area contributed by atoms with Crippen LogP contribution >= 0.6 is 11.8 Å². The Hall–Kier alpha value is -3.41. The summed E-state index contributed by atoms with van der Waals surface area (Å²) in [7, 11) is 0. The highest BCUT2D eigenvalue weighted by Crippen LogP contribution is 2.41. The number of nitrogens with zero attached hydrogens (tertiary/aromatic N) is 1. The molecule has 0 aliphatic heterocycles. The fourth-order valence-corrected chi connectivity index (χ4v) is 6.19. The number of hydrogen-bond donors (Lipinski definition) is 2. The van der Waals surface area contributed by atoms with Crippen molar-refractivity contribution in [3.05, 3.63) is 113 Å². The summed E-state index contributed by atoms with van der Waals surface area (Å²) >= 11 is 2.10. The SMILES string of the molecule is CC(=O)O.CC(C)(O)c1ccccc1CC[C@@H](SCC1CC1)c1cccc(/C=C/c2ccc3ccccc3n2)c1. The van der Waals surface area contributed by atoms with E-state index in [1.807, 2.05) is 32.0 Å². The van der Waals surface area contributed by atoms with E-state index in [4.69, 9.17) is 14.9 Å². The molecule has 3 aromatic carbocycles. The Bertz CT molecular complexity index is 1450. The Kier molecular flexibility index (Phi) is 10.2. The normalized spacial score (nSPS) is 14.1. The van der Waals surface area contributed by atoms with Crippen LogP contribution in [0.25, 0.3) is 23.1 Å². The van der Waals surface area contributed by atoms with Crippen molar-refractivity contribution in [2.45, 2.75) is 57.3 Å². The molecule has 4 aromatic rings. The van der Waals surface area contributed by atoms with Crippen molar-refractivity contribution in [2.24, 2.45) is 5.92 Å². The standard InChI is InChI=1S/C33H35NOS.C2H4O2/c1-33(2,35)30-12-5-3-9-26(30)18-21-32(36-23-25-14-15-25)28-11-7-8-24(22-28)16-19-29-20-17-27-10-4-6-13-31(27)34-29;1-2(3)4/h3-13,16-17,19-20,22,25,32,35H,14-15,18,21,23H2,1-2H3;1H3,(H,3,4)/b19-16+;/t32-;/m1./s1. The van der Waals surface area contributed by atoms with Crippen LogP contribution in [0.1, 0.15) is 73.2 Å². The second-order valence-corrected chi connectivity index (χ2v) is 12.2. The maximum absolute atomic E-state index is 10.7. The Morgan fingerprint density at radius 1 is 1.00 bits per heavy atom. The smallest absolute Gasteiger partial charge is 0.300 e. The summed E-state index contributed by atoms with van der Waals surface area (Å²) < 4.78 is 0. The number of hydrogen-bond acceptors (Lipinski definition) is 4. The van der Waals surface area contributed by atoms with Gasteiger partial charge >= 0.3 is 0 Å². The number of benzene rings is 3. The molecular formula is C35H39NO3S. The topological polar surface area (TPSA) is 70.4 Å². The van der Waals surface area contributed by atoms with Crippen LogP contribution in [0.4, 0.5) is 0 Å². The van der Waals surface area contributed by atoms with E-state index >= 15 is 0 Å². The van der Waals surface area contributed by atoms with Crippen LogP contribution in [0.15, 0.2) is 84.9 Å². The predicted octanol–water partition coefficient (Wildman–Crippen LogP) is 8.54. The minimum atomic E-state index is -0.833. The molecule has 0 saturated heterocycles. The first-order chi connectivity index (χ1) is 19.2. The highest BCUT2D eigenvalue weighted by Gasteiger charge is 2.25. The number of aromatic nitrogens is 1. The Morgan fingerprint density at radius 3 is 2.48 bits per heavy atom. The van der Waals surface area contributed by atoms with E-state index < -0.39 is 11.6 Å². The van der Waals surface area contributed by atoms with Crippen molar-refractivity contribution in [1.82, 2.24) is 4.98 Å². The van der Waals surface area contributed by atoms with Crippen LogP contribution in [-0.2, 0) is 16.8 Å². The zero-order valence-corrected chi connectivity index (χ0v) is 24.4. The summed E-state index contributed by atoms with van der Waals surface area (Å²) in [6, 6.07) is 29.8. The summed E-state index contributed by atoms with van der Waals surface area (Å²) in [4.78, 5) is 13.8. The summed E-state index contributed by atoms with van der Waals surface area (Å²) in [6.45, 7) is 4.84. The number of carboxylic acids is 1. The van der Waals surface area contributed by atoms with Crippen LogP contribution in [0.2, 0.25) is 0 Å². The molecule has 1 aliphatic rings. The van der Waals surface area contributed by atoms with E-state index in [9.17, 15) is 5.11 Å². The van der Waals surface area contributed by atoms with Gasteiger partial charge in [0.25, 0.3) is 5.97 Å². The van der Waals surface area contributed by atoms with Gasteiger partial charge in [0.05, 0.1) is 16.8 Å². The van der Waals surface area contributed by atoms with Crippen molar-refractivity contribution >= 4 is 40.8 Å². The maximum Gasteiger partial charge on any atom is 0.300 e. The van der Waals surface area contributed by atoms with E-state index in [-0.39, 0.29) is 0 Å². The van der Waals surface area contributed by atoms with Crippen molar-refractivity contribution in [1.29, 1.82) is 0 Å². The van der Waals surface area contributed by atoms with E-state index in [0.717, 1.165) is 42.5 Å². The highest BCUT2D eigenvalue weighted by molar-refractivity contribution is 7.99. The number of rotatable bonds is 10. The summed E-state index contributed by atoms with van der Waals surface area (Å²) in [5.74, 6) is 1.29. The number of para-hydroxylation sites is 1. The van der Waals surface area contributed by atoms with Crippen LogP contribution in [0.5, 0.6) is 0 Å². The lowest BCUT2D eigenvalue weighted by Gasteiger charge is -2.23. The lowest BCUT2D eigenvalue weighted by molar-refractivity contribution is -0.134. The van der Waals surface area contributed by atoms with Crippen LogP contribution < -0.4 is 0 Å². The average molecular weight is 554 g/mol. The first-order valence-corrected chi connectivity index (χ1v) is 15.0. The molecule has 1 heterocycles. The van der Waals surface area contributed by atoms with E-state index in [1.165, 1.54) is 40.7 Å². The molecule has 0 radical (unpaired) electrons. The summed E-state index contributed by atoms with van der Waals surface area (Å²) in [5.41, 5.74) is 6.05. The first kappa shape index (κ1) is 29.6. The van der Waals surface area contributed by atoms with Gasteiger partial charge in [-0.05, 0) is 91.7 Å². The second kappa shape index (κ2) is 13.8. The third kappa shape index (κ3) is 9.07. The molecule has 40 heavy (non-hydrogen) atoms. The molecule has 5 heteroatoms. The molecule has 1 saturated carbocycles. The van der Waals surface area contributed by atoms with Crippen LogP contribution in [0, 0.1) is 5.92 Å². The second-order valence-electron chi connectivity index (χ2n) is 11.0. The van der Waals surface area contributed by atoms with Gasteiger partial charge in [0.2, 0.25) is 0 Å². The highest BCUT2D eigenvalue weighted by atomic mass is 32.2. The number of carbonyl (C=O) groups is 1. The number of thioether (sulfide) groups is 1. The quantitative estimate of drug-likeness (QED) is 0.206. The number of pyridine rings is 1. The van der Waals surface area contributed by atoms with Crippen molar-refractivity contribution < 1.29 is 15.0 Å². The number of aliphatic hydroxyl groups is 1. The van der Waals surface area contributed by atoms with Gasteiger partial charge in [-0.25, -0.2) is 4.98 Å². The molecule has 5 rings (SSSR count). The fraction of sp³-hybridized carbons (Fsp3) is 0.314. The average Bonchev–Trinajstić information content (AvgIpc) is 3.76. The zero-order chi connectivity index (χ0) is 28.5. The van der Waals surface area contributed by atoms with E-state index in [2.05, 4.69) is 90.6 Å². The molecule has 208 valence electrons. The third-order valence-electron chi connectivity index (χ3n) is 6.93. The number of fused-ring (bicyclic) bond motifs is 1. The molecule has 1 aliphatic carbocycles. The number of aryl methyl sites for hydroxylation is 1. The van der Waals surface area contributed by atoms with E-state index in [1.54, 1.807) is 0 Å². The Balaban J connectivity index is 0.000000867. The van der Waals surface area contributed by atoms with Gasteiger partial charge in [0.1, 0.15) is 0 Å². The van der Waals surface area contributed by atoms with Crippen LogP contribution in [-0.4, -0.2) is 26.9 Å². The molecule has 1 atom stereocenters. The molecule has 0 unspecified atom stereocenters. The monoisotopic (exact) mass is 553 g/mol. The van der Waals surface area contributed by atoms with Gasteiger partial charge in [-0.3, -0.25) is 4.79 Å². The van der Waals surface area contributed by atoms with Gasteiger partial charge in [-0.15, -0.1) is 0 Å². The summed E-state index contributed by atoms with van der Waals surface area (Å²) in [5, 5.41) is 19.7. The van der Waals surface area contributed by atoms with Crippen molar-refractivity contribution in [2.75, 3.05) is 5.75 Å².